The summed E-state index contributed by atoms with van der Waals surface area (Å²) in [5.74, 6) is 1.69. The second-order valence-corrected chi connectivity index (χ2v) is 8.83. The van der Waals surface area contributed by atoms with Gasteiger partial charge in [-0.15, -0.1) is 0 Å². The Labute approximate surface area is 164 Å². The lowest BCUT2D eigenvalue weighted by atomic mass is 9.48. The highest BCUT2D eigenvalue weighted by atomic mass is 16.5. The second kappa shape index (κ2) is 7.46. The molecule has 6 heteroatoms. The van der Waals surface area contributed by atoms with Crippen molar-refractivity contribution in [3.63, 3.8) is 0 Å². The average Bonchev–Trinajstić information content (AvgIpc) is 3.16. The van der Waals surface area contributed by atoms with E-state index in [1.807, 2.05) is 0 Å². The van der Waals surface area contributed by atoms with Crippen LogP contribution < -0.4 is 5.32 Å². The molecular formula is C22H26N2O4. The number of esters is 1. The van der Waals surface area contributed by atoms with Gasteiger partial charge in [0.15, 0.2) is 6.61 Å². The summed E-state index contributed by atoms with van der Waals surface area (Å²) in [5.41, 5.74) is 0.00249. The van der Waals surface area contributed by atoms with Crippen LogP contribution in [0, 0.1) is 34.5 Å². The predicted octanol–water partition coefficient (Wildman–Crippen LogP) is 3.45. The fraction of sp³-hybridized carbons (Fsp3) is 0.591. The molecule has 1 heterocycles. The van der Waals surface area contributed by atoms with Crippen molar-refractivity contribution in [2.75, 3.05) is 6.61 Å². The second-order valence-electron chi connectivity index (χ2n) is 8.83. The molecule has 0 aliphatic heterocycles. The normalized spacial score (nSPS) is 31.9. The fourth-order valence-electron chi connectivity index (χ4n) is 6.01. The lowest BCUT2D eigenvalue weighted by Crippen LogP contribution is -2.56. The van der Waals surface area contributed by atoms with E-state index in [2.05, 4.69) is 12.2 Å². The van der Waals surface area contributed by atoms with E-state index in [1.165, 1.54) is 50.9 Å². The molecule has 28 heavy (non-hydrogen) atoms. The minimum absolute atomic E-state index is 0.0706. The SMILES string of the molecule is C[C@H](NC(=O)COC(=O)/C(C#N)=C/c1ccco1)C12CC3CC(CC(C3)C1)C2. The number of nitriles is 1. The smallest absolute Gasteiger partial charge is 0.349 e. The minimum Gasteiger partial charge on any atom is -0.465 e. The van der Waals surface area contributed by atoms with Gasteiger partial charge in [-0.05, 0) is 80.8 Å². The zero-order valence-electron chi connectivity index (χ0n) is 16.1. The summed E-state index contributed by atoms with van der Waals surface area (Å²) in [5, 5.41) is 12.2. The van der Waals surface area contributed by atoms with Crippen LogP contribution in [0.25, 0.3) is 6.08 Å². The number of rotatable bonds is 6. The molecule has 1 amide bonds. The molecule has 1 aromatic heterocycles. The highest BCUT2D eigenvalue weighted by molar-refractivity contribution is 5.98. The number of furan rings is 1. The molecule has 0 spiro atoms. The molecule has 0 radical (unpaired) electrons. The summed E-state index contributed by atoms with van der Waals surface area (Å²) in [6, 6.07) is 5.15. The van der Waals surface area contributed by atoms with Gasteiger partial charge in [0.1, 0.15) is 17.4 Å². The summed E-state index contributed by atoms with van der Waals surface area (Å²) in [6.07, 6.45) is 10.4. The first kappa shape index (κ1) is 18.8. The van der Waals surface area contributed by atoms with Crippen LogP contribution in [0.4, 0.5) is 0 Å². The van der Waals surface area contributed by atoms with Gasteiger partial charge in [-0.25, -0.2) is 4.79 Å². The van der Waals surface area contributed by atoms with E-state index in [9.17, 15) is 9.59 Å². The molecule has 1 aromatic rings. The van der Waals surface area contributed by atoms with Crippen LogP contribution in [0.2, 0.25) is 0 Å². The van der Waals surface area contributed by atoms with Crippen LogP contribution in [-0.2, 0) is 14.3 Å². The van der Waals surface area contributed by atoms with Gasteiger partial charge in [-0.3, -0.25) is 4.79 Å². The van der Waals surface area contributed by atoms with E-state index >= 15 is 0 Å². The molecule has 5 rings (SSSR count). The van der Waals surface area contributed by atoms with Crippen LogP contribution in [0.3, 0.4) is 0 Å². The Morgan fingerprint density at radius 2 is 1.96 bits per heavy atom. The van der Waals surface area contributed by atoms with Crippen LogP contribution in [-0.4, -0.2) is 24.5 Å². The molecule has 1 atom stereocenters. The van der Waals surface area contributed by atoms with Crippen molar-refractivity contribution in [3.8, 4) is 6.07 Å². The zero-order valence-corrected chi connectivity index (χ0v) is 16.1. The number of nitrogens with one attached hydrogen (secondary N) is 1. The first-order chi connectivity index (χ1) is 13.5. The van der Waals surface area contributed by atoms with Crippen molar-refractivity contribution in [2.24, 2.45) is 23.2 Å². The lowest BCUT2D eigenvalue weighted by Gasteiger charge is -2.59. The molecular weight excluding hydrogens is 356 g/mol. The molecule has 4 saturated carbocycles. The monoisotopic (exact) mass is 382 g/mol. The van der Waals surface area contributed by atoms with E-state index in [-0.39, 0.29) is 29.5 Å². The van der Waals surface area contributed by atoms with Gasteiger partial charge < -0.3 is 14.5 Å². The highest BCUT2D eigenvalue weighted by Crippen LogP contribution is 2.61. The number of hydrogen-bond acceptors (Lipinski definition) is 5. The maximum absolute atomic E-state index is 12.4. The number of amides is 1. The van der Waals surface area contributed by atoms with Crippen LogP contribution in [0.1, 0.15) is 51.2 Å². The largest absolute Gasteiger partial charge is 0.465 e. The van der Waals surface area contributed by atoms with E-state index in [4.69, 9.17) is 14.4 Å². The topological polar surface area (TPSA) is 92.3 Å². The average molecular weight is 382 g/mol. The molecule has 0 aromatic carbocycles. The predicted molar refractivity (Wildman–Crippen MR) is 101 cm³/mol. The Morgan fingerprint density at radius 3 is 2.50 bits per heavy atom. The van der Waals surface area contributed by atoms with Gasteiger partial charge >= 0.3 is 5.97 Å². The molecule has 6 nitrogen and oxygen atoms in total. The molecule has 148 valence electrons. The van der Waals surface area contributed by atoms with Gasteiger partial charge in [-0.1, -0.05) is 0 Å². The number of ether oxygens (including phenoxy) is 1. The summed E-state index contributed by atoms with van der Waals surface area (Å²) < 4.78 is 10.1. The number of nitrogens with zero attached hydrogens (tertiary/aromatic N) is 1. The number of carbonyl (C=O) groups is 2. The van der Waals surface area contributed by atoms with Crippen molar-refractivity contribution >= 4 is 18.0 Å². The quantitative estimate of drug-likeness (QED) is 0.462. The third-order valence-corrected chi connectivity index (χ3v) is 6.89. The van der Waals surface area contributed by atoms with E-state index in [0.717, 1.165) is 17.8 Å². The van der Waals surface area contributed by atoms with Crippen molar-refractivity contribution < 1.29 is 18.7 Å². The lowest BCUT2D eigenvalue weighted by molar-refractivity contribution is -0.145. The zero-order chi connectivity index (χ0) is 19.7. The molecule has 4 aliphatic rings. The van der Waals surface area contributed by atoms with Gasteiger partial charge in [0, 0.05) is 12.1 Å². The fourth-order valence-corrected chi connectivity index (χ4v) is 6.01. The molecule has 0 unspecified atom stereocenters. The van der Waals surface area contributed by atoms with Crippen LogP contribution >= 0.6 is 0 Å². The van der Waals surface area contributed by atoms with E-state index in [0.29, 0.717) is 5.76 Å². The summed E-state index contributed by atoms with van der Waals surface area (Å²) in [7, 11) is 0. The van der Waals surface area contributed by atoms with Gasteiger partial charge in [-0.2, -0.15) is 5.26 Å². The third-order valence-electron chi connectivity index (χ3n) is 6.89. The van der Waals surface area contributed by atoms with Crippen molar-refractivity contribution in [1.29, 1.82) is 5.26 Å². The molecule has 1 N–H and O–H groups in total. The summed E-state index contributed by atoms with van der Waals surface area (Å²) >= 11 is 0. The van der Waals surface area contributed by atoms with Crippen molar-refractivity contribution in [2.45, 2.75) is 51.5 Å². The van der Waals surface area contributed by atoms with Crippen LogP contribution in [0.15, 0.2) is 28.4 Å². The first-order valence-electron chi connectivity index (χ1n) is 10.1. The molecule has 4 bridgehead atoms. The Morgan fingerprint density at radius 1 is 1.32 bits per heavy atom. The van der Waals surface area contributed by atoms with Crippen LogP contribution in [0.5, 0.6) is 0 Å². The summed E-state index contributed by atoms with van der Waals surface area (Å²) in [6.45, 7) is 1.71. The third kappa shape index (κ3) is 3.71. The molecule has 4 fully saturated rings. The standard InChI is InChI=1S/C22H26N2O4/c1-14(22-9-15-5-16(10-22)7-17(6-15)11-22)24-20(25)13-28-21(26)18(12-23)8-19-3-2-4-27-19/h2-4,8,14-17H,5-7,9-11,13H2,1H3,(H,24,25)/b18-8+/t14-,15?,16?,17?,22?/m0/s1. The van der Waals surface area contributed by atoms with E-state index in [1.54, 1.807) is 18.2 Å². The Hall–Kier alpha value is -2.55. The van der Waals surface area contributed by atoms with Crippen molar-refractivity contribution in [1.82, 2.24) is 5.32 Å². The minimum atomic E-state index is -0.823. The Bertz CT molecular complexity index is 783. The Balaban J connectivity index is 1.31. The maximum atomic E-state index is 12.4. The van der Waals surface area contributed by atoms with E-state index < -0.39 is 5.97 Å². The number of carbonyl (C=O) groups excluding carboxylic acids is 2. The van der Waals surface area contributed by atoms with Gasteiger partial charge in [0.25, 0.3) is 5.91 Å². The maximum Gasteiger partial charge on any atom is 0.349 e. The summed E-state index contributed by atoms with van der Waals surface area (Å²) in [4.78, 5) is 24.4. The molecule has 4 aliphatic carbocycles. The first-order valence-corrected chi connectivity index (χ1v) is 10.1. The van der Waals surface area contributed by atoms with Gasteiger partial charge in [0.05, 0.1) is 6.26 Å². The molecule has 0 saturated heterocycles. The van der Waals surface area contributed by atoms with Gasteiger partial charge in [0.2, 0.25) is 0 Å². The number of hydrogen-bond donors (Lipinski definition) is 1. The Kier molecular flexibility index (Phi) is 5.01. The highest BCUT2D eigenvalue weighted by Gasteiger charge is 2.53. The van der Waals surface area contributed by atoms with Crippen molar-refractivity contribution in [3.05, 3.63) is 29.7 Å².